The van der Waals surface area contributed by atoms with Crippen LogP contribution in [0.1, 0.15) is 18.9 Å². The highest BCUT2D eigenvalue weighted by atomic mass is 35.5. The molecule has 0 aliphatic carbocycles. The molecule has 1 N–H and O–H groups in total. The predicted molar refractivity (Wildman–Crippen MR) is 78.7 cm³/mol. The summed E-state index contributed by atoms with van der Waals surface area (Å²) in [7, 11) is 0. The van der Waals surface area contributed by atoms with Gasteiger partial charge in [-0.1, -0.05) is 30.7 Å². The third-order valence-electron chi connectivity index (χ3n) is 3.06. The molecule has 1 aromatic carbocycles. The molecule has 2 nitrogen and oxygen atoms in total. The molecule has 0 fully saturated rings. The van der Waals surface area contributed by atoms with Gasteiger partial charge in [-0.25, -0.2) is 0 Å². The zero-order chi connectivity index (χ0) is 15.7. The molecule has 0 radical (unpaired) electrons. The first-order valence-corrected chi connectivity index (χ1v) is 7.38. The molecule has 1 atom stereocenters. The standard InChI is InChI=1S/C15H21ClF3NO/c1-2-20-10-13(7-8-21-11-15(17,18)19)9-12-3-5-14(16)6-4-12/h3-6,13,20H,2,7-11H2,1H3. The topological polar surface area (TPSA) is 21.3 Å². The number of hydrogen-bond donors (Lipinski definition) is 1. The molecule has 120 valence electrons. The highest BCUT2D eigenvalue weighted by Gasteiger charge is 2.27. The molecule has 0 aliphatic rings. The number of benzene rings is 1. The summed E-state index contributed by atoms with van der Waals surface area (Å²) in [5, 5.41) is 3.91. The van der Waals surface area contributed by atoms with Gasteiger partial charge in [0.1, 0.15) is 6.61 Å². The Hall–Kier alpha value is -0.780. The SMILES string of the molecule is CCNCC(CCOCC(F)(F)F)Cc1ccc(Cl)cc1. The lowest BCUT2D eigenvalue weighted by atomic mass is 9.96. The highest BCUT2D eigenvalue weighted by molar-refractivity contribution is 6.30. The first-order chi connectivity index (χ1) is 9.90. The largest absolute Gasteiger partial charge is 0.411 e. The fourth-order valence-corrected chi connectivity index (χ4v) is 2.14. The summed E-state index contributed by atoms with van der Waals surface area (Å²) in [6, 6.07) is 7.53. The lowest BCUT2D eigenvalue weighted by Crippen LogP contribution is -2.26. The van der Waals surface area contributed by atoms with E-state index in [-0.39, 0.29) is 12.5 Å². The summed E-state index contributed by atoms with van der Waals surface area (Å²) in [5.74, 6) is 0.236. The third kappa shape index (κ3) is 8.96. The van der Waals surface area contributed by atoms with E-state index in [9.17, 15) is 13.2 Å². The van der Waals surface area contributed by atoms with Crippen LogP contribution in [0.5, 0.6) is 0 Å². The van der Waals surface area contributed by atoms with Crippen LogP contribution in [0.3, 0.4) is 0 Å². The van der Waals surface area contributed by atoms with Crippen molar-refractivity contribution in [2.45, 2.75) is 25.9 Å². The monoisotopic (exact) mass is 323 g/mol. The fraction of sp³-hybridized carbons (Fsp3) is 0.600. The number of alkyl halides is 3. The molecule has 1 unspecified atom stereocenters. The van der Waals surface area contributed by atoms with Gasteiger partial charge in [-0.15, -0.1) is 0 Å². The van der Waals surface area contributed by atoms with Gasteiger partial charge in [0.15, 0.2) is 0 Å². The molecule has 0 bridgehead atoms. The quantitative estimate of drug-likeness (QED) is 0.691. The molecule has 1 rings (SSSR count). The molecule has 0 aromatic heterocycles. The van der Waals surface area contributed by atoms with Crippen molar-refractivity contribution >= 4 is 11.6 Å². The van der Waals surface area contributed by atoms with Crippen molar-refractivity contribution < 1.29 is 17.9 Å². The molecule has 0 aliphatic heterocycles. The van der Waals surface area contributed by atoms with Crippen molar-refractivity contribution in [2.24, 2.45) is 5.92 Å². The van der Waals surface area contributed by atoms with Crippen LogP contribution in [-0.4, -0.2) is 32.5 Å². The molecule has 0 saturated heterocycles. The summed E-state index contributed by atoms with van der Waals surface area (Å²) in [6.07, 6.45) is -2.88. The molecular formula is C15H21ClF3NO. The van der Waals surface area contributed by atoms with E-state index in [1.165, 1.54) is 0 Å². The Balaban J connectivity index is 2.41. The van der Waals surface area contributed by atoms with Crippen molar-refractivity contribution in [1.82, 2.24) is 5.32 Å². The van der Waals surface area contributed by atoms with Gasteiger partial charge in [-0.2, -0.15) is 13.2 Å². The van der Waals surface area contributed by atoms with Crippen molar-refractivity contribution in [2.75, 3.05) is 26.3 Å². The highest BCUT2D eigenvalue weighted by Crippen LogP contribution is 2.17. The van der Waals surface area contributed by atoms with E-state index in [0.717, 1.165) is 25.1 Å². The Morgan fingerprint density at radius 3 is 2.48 bits per heavy atom. The number of rotatable bonds is 9. The minimum atomic E-state index is -4.26. The zero-order valence-corrected chi connectivity index (χ0v) is 12.8. The lowest BCUT2D eigenvalue weighted by molar-refractivity contribution is -0.174. The molecule has 6 heteroatoms. The second-order valence-corrected chi connectivity index (χ2v) is 5.40. The Labute approximate surface area is 128 Å². The van der Waals surface area contributed by atoms with Crippen molar-refractivity contribution in [3.8, 4) is 0 Å². The zero-order valence-electron chi connectivity index (χ0n) is 12.0. The second kappa shape index (κ2) is 9.28. The number of halogens is 4. The van der Waals surface area contributed by atoms with E-state index in [4.69, 9.17) is 16.3 Å². The van der Waals surface area contributed by atoms with E-state index in [1.807, 2.05) is 31.2 Å². The molecular weight excluding hydrogens is 303 g/mol. The minimum Gasteiger partial charge on any atom is -0.372 e. The van der Waals surface area contributed by atoms with Crippen LogP contribution < -0.4 is 5.32 Å². The molecule has 0 heterocycles. The van der Waals surface area contributed by atoms with Gasteiger partial charge in [0, 0.05) is 11.6 Å². The summed E-state index contributed by atoms with van der Waals surface area (Å²) >= 11 is 5.84. The smallest absolute Gasteiger partial charge is 0.372 e. The molecule has 21 heavy (non-hydrogen) atoms. The van der Waals surface area contributed by atoms with Gasteiger partial charge < -0.3 is 10.1 Å². The van der Waals surface area contributed by atoms with Gasteiger partial charge in [-0.3, -0.25) is 0 Å². The average Bonchev–Trinajstić information content (AvgIpc) is 2.42. The Morgan fingerprint density at radius 2 is 1.90 bits per heavy atom. The van der Waals surface area contributed by atoms with E-state index in [2.05, 4.69) is 5.32 Å². The van der Waals surface area contributed by atoms with Crippen molar-refractivity contribution in [3.05, 3.63) is 34.9 Å². The van der Waals surface area contributed by atoms with Crippen LogP contribution in [-0.2, 0) is 11.2 Å². The maximum atomic E-state index is 12.0. The Kier molecular flexibility index (Phi) is 8.07. The predicted octanol–water partition coefficient (Wildman–Crippen LogP) is 4.08. The van der Waals surface area contributed by atoms with Crippen LogP contribution >= 0.6 is 11.6 Å². The second-order valence-electron chi connectivity index (χ2n) is 4.96. The van der Waals surface area contributed by atoms with Crippen LogP contribution in [0.25, 0.3) is 0 Å². The Morgan fingerprint density at radius 1 is 1.24 bits per heavy atom. The fourth-order valence-electron chi connectivity index (χ4n) is 2.02. The number of ether oxygens (including phenoxy) is 1. The van der Waals surface area contributed by atoms with Gasteiger partial charge in [0.25, 0.3) is 0 Å². The summed E-state index contributed by atoms with van der Waals surface area (Å²) in [4.78, 5) is 0. The van der Waals surface area contributed by atoms with Gasteiger partial charge in [-0.05, 0) is 49.5 Å². The molecule has 0 saturated carbocycles. The normalized spacial score (nSPS) is 13.4. The van der Waals surface area contributed by atoms with Crippen molar-refractivity contribution in [3.63, 3.8) is 0 Å². The average molecular weight is 324 g/mol. The van der Waals surface area contributed by atoms with Gasteiger partial charge in [0.2, 0.25) is 0 Å². The summed E-state index contributed by atoms with van der Waals surface area (Å²) < 4.78 is 40.7. The van der Waals surface area contributed by atoms with Gasteiger partial charge in [0.05, 0.1) is 0 Å². The van der Waals surface area contributed by atoms with E-state index in [0.29, 0.717) is 11.4 Å². The van der Waals surface area contributed by atoms with E-state index in [1.54, 1.807) is 0 Å². The van der Waals surface area contributed by atoms with Crippen LogP contribution in [0.2, 0.25) is 5.02 Å². The van der Waals surface area contributed by atoms with Gasteiger partial charge >= 0.3 is 6.18 Å². The van der Waals surface area contributed by atoms with Crippen LogP contribution in [0, 0.1) is 5.92 Å². The number of hydrogen-bond acceptors (Lipinski definition) is 2. The molecule has 0 amide bonds. The maximum absolute atomic E-state index is 12.0. The molecule has 0 spiro atoms. The van der Waals surface area contributed by atoms with Crippen LogP contribution in [0.4, 0.5) is 13.2 Å². The maximum Gasteiger partial charge on any atom is 0.411 e. The van der Waals surface area contributed by atoms with E-state index < -0.39 is 12.8 Å². The Bertz CT molecular complexity index is 395. The first-order valence-electron chi connectivity index (χ1n) is 7.00. The number of nitrogens with one attached hydrogen (secondary N) is 1. The summed E-state index contributed by atoms with van der Waals surface area (Å²) in [5.41, 5.74) is 1.12. The van der Waals surface area contributed by atoms with Crippen molar-refractivity contribution in [1.29, 1.82) is 0 Å². The molecule has 1 aromatic rings. The van der Waals surface area contributed by atoms with Crippen LogP contribution in [0.15, 0.2) is 24.3 Å². The third-order valence-corrected chi connectivity index (χ3v) is 3.31. The minimum absolute atomic E-state index is 0.114. The first kappa shape index (κ1) is 18.3. The van der Waals surface area contributed by atoms with E-state index >= 15 is 0 Å². The summed E-state index contributed by atoms with van der Waals surface area (Å²) in [6.45, 7) is 2.53. The lowest BCUT2D eigenvalue weighted by Gasteiger charge is -2.18.